The van der Waals surface area contributed by atoms with Gasteiger partial charge in [0.2, 0.25) is 0 Å². The van der Waals surface area contributed by atoms with E-state index in [1.165, 1.54) is 0 Å². The molecule has 7 nitrogen and oxygen atoms in total. The summed E-state index contributed by atoms with van der Waals surface area (Å²) in [5, 5.41) is 7.12. The fourth-order valence-electron chi connectivity index (χ4n) is 3.41. The quantitative estimate of drug-likeness (QED) is 0.589. The van der Waals surface area contributed by atoms with Gasteiger partial charge >= 0.3 is 0 Å². The van der Waals surface area contributed by atoms with Crippen LogP contribution < -0.4 is 5.43 Å². The molecule has 1 fully saturated rings. The lowest BCUT2D eigenvalue weighted by molar-refractivity contribution is 0.0795. The molecule has 1 N–H and O–H groups in total. The summed E-state index contributed by atoms with van der Waals surface area (Å²) in [4.78, 5) is 15.1. The molecule has 0 unspecified atom stereocenters. The molecule has 0 atom stereocenters. The van der Waals surface area contributed by atoms with Crippen molar-refractivity contribution in [2.24, 2.45) is 0 Å². The van der Waals surface area contributed by atoms with Crippen molar-refractivity contribution in [2.45, 2.75) is 13.8 Å². The summed E-state index contributed by atoms with van der Waals surface area (Å²) in [6.45, 7) is 4.34. The van der Waals surface area contributed by atoms with E-state index in [-0.39, 0.29) is 30.3 Å². The zero-order valence-electron chi connectivity index (χ0n) is 16.9. The maximum atomic E-state index is 13.0. The van der Waals surface area contributed by atoms with E-state index in [0.29, 0.717) is 21.3 Å². The Labute approximate surface area is 194 Å². The molecular weight excluding hydrogens is 479 g/mol. The van der Waals surface area contributed by atoms with Crippen molar-refractivity contribution < 1.29 is 13.2 Å². The van der Waals surface area contributed by atoms with Gasteiger partial charge in [0, 0.05) is 28.6 Å². The third kappa shape index (κ3) is 4.65. The van der Waals surface area contributed by atoms with Gasteiger partial charge in [0.25, 0.3) is 5.91 Å². The number of hydrazine groups is 1. The summed E-state index contributed by atoms with van der Waals surface area (Å²) in [5.41, 5.74) is 5.13. The highest BCUT2D eigenvalue weighted by Crippen LogP contribution is 2.36. The minimum absolute atomic E-state index is 0.0147. The number of thiophene rings is 1. The Balaban J connectivity index is 1.74. The number of hydrogen-bond donors (Lipinski definition) is 1. The van der Waals surface area contributed by atoms with Crippen LogP contribution in [0.15, 0.2) is 30.3 Å². The van der Waals surface area contributed by atoms with Gasteiger partial charge in [0.15, 0.2) is 15.5 Å². The van der Waals surface area contributed by atoms with Crippen LogP contribution in [-0.4, -0.2) is 53.7 Å². The molecule has 164 valence electrons. The average molecular weight is 499 g/mol. The van der Waals surface area contributed by atoms with Crippen LogP contribution in [0, 0.1) is 13.8 Å². The largest absolute Gasteiger partial charge is 0.286 e. The zero-order chi connectivity index (χ0) is 22.3. The van der Waals surface area contributed by atoms with Crippen molar-refractivity contribution >= 4 is 50.3 Å². The topological polar surface area (TPSA) is 84.3 Å². The second kappa shape index (κ2) is 8.55. The highest BCUT2D eigenvalue weighted by Gasteiger charge is 2.27. The number of nitrogens with one attached hydrogen (secondary N) is 1. The Kier molecular flexibility index (Phi) is 6.15. The first-order chi connectivity index (χ1) is 14.6. The molecule has 1 aromatic carbocycles. The van der Waals surface area contributed by atoms with Crippen LogP contribution in [0.3, 0.4) is 0 Å². The maximum Gasteiger partial charge on any atom is 0.286 e. The Morgan fingerprint density at radius 3 is 2.45 bits per heavy atom. The predicted octanol–water partition coefficient (Wildman–Crippen LogP) is 3.90. The first-order valence-corrected chi connectivity index (χ1v) is 12.9. The van der Waals surface area contributed by atoms with Gasteiger partial charge in [-0.15, -0.1) is 11.3 Å². The Morgan fingerprint density at radius 2 is 1.84 bits per heavy atom. The van der Waals surface area contributed by atoms with Crippen molar-refractivity contribution in [1.29, 1.82) is 0 Å². The molecule has 0 radical (unpaired) electrons. The van der Waals surface area contributed by atoms with Gasteiger partial charge in [-0.2, -0.15) is 5.10 Å². The monoisotopic (exact) mass is 498 g/mol. The van der Waals surface area contributed by atoms with E-state index in [1.54, 1.807) is 39.2 Å². The predicted molar refractivity (Wildman–Crippen MR) is 124 cm³/mol. The summed E-state index contributed by atoms with van der Waals surface area (Å²) >= 11 is 14.1. The minimum atomic E-state index is -3.04. The number of aromatic nitrogens is 2. The summed E-state index contributed by atoms with van der Waals surface area (Å²) < 4.78 is 25.0. The van der Waals surface area contributed by atoms with E-state index in [9.17, 15) is 13.2 Å². The smallest absolute Gasteiger partial charge is 0.283 e. The molecule has 0 bridgehead atoms. The first-order valence-electron chi connectivity index (χ1n) is 9.53. The number of carbonyl (C=O) groups excluding carboxylic acids is 1. The Hall–Kier alpha value is -1.91. The van der Waals surface area contributed by atoms with Gasteiger partial charge in [-0.1, -0.05) is 23.2 Å². The molecule has 0 spiro atoms. The highest BCUT2D eigenvalue weighted by molar-refractivity contribution is 7.91. The fourth-order valence-corrected chi connectivity index (χ4v) is 6.06. The maximum absolute atomic E-state index is 13.0. The summed E-state index contributed by atoms with van der Waals surface area (Å²) in [6, 6.07) is 9.11. The number of hydrogen-bond acceptors (Lipinski definition) is 6. The SMILES string of the molecule is Cc1ccc(-c2c(C)c(C(=O)NN3CCS(=O)(=O)CC3)nn2-c2ccc(Cl)cc2Cl)s1. The lowest BCUT2D eigenvalue weighted by atomic mass is 10.1. The number of carbonyl (C=O) groups is 1. The molecule has 1 aliphatic rings. The van der Waals surface area contributed by atoms with Crippen LogP contribution in [0.5, 0.6) is 0 Å². The molecule has 1 saturated heterocycles. The van der Waals surface area contributed by atoms with Crippen LogP contribution in [0.1, 0.15) is 20.9 Å². The van der Waals surface area contributed by atoms with Crippen molar-refractivity contribution in [3.63, 3.8) is 0 Å². The Morgan fingerprint density at radius 1 is 1.13 bits per heavy atom. The van der Waals surface area contributed by atoms with Crippen LogP contribution >= 0.6 is 34.5 Å². The number of aryl methyl sites for hydroxylation is 1. The molecule has 11 heteroatoms. The molecule has 31 heavy (non-hydrogen) atoms. The number of amides is 1. The normalized spacial score (nSPS) is 16.4. The number of sulfone groups is 1. The van der Waals surface area contributed by atoms with Gasteiger partial charge in [-0.25, -0.2) is 18.1 Å². The number of rotatable bonds is 4. The Bertz CT molecular complexity index is 1250. The van der Waals surface area contributed by atoms with Gasteiger partial charge < -0.3 is 0 Å². The van der Waals surface area contributed by atoms with Gasteiger partial charge in [0.05, 0.1) is 32.8 Å². The molecule has 0 saturated carbocycles. The lowest BCUT2D eigenvalue weighted by Crippen LogP contribution is -2.50. The molecular formula is C20H20Cl2N4O3S2. The van der Waals surface area contributed by atoms with E-state index < -0.39 is 15.7 Å². The van der Waals surface area contributed by atoms with Crippen LogP contribution in [0.4, 0.5) is 0 Å². The number of benzene rings is 1. The van der Waals surface area contributed by atoms with Crippen LogP contribution in [0.2, 0.25) is 10.0 Å². The van der Waals surface area contributed by atoms with Crippen molar-refractivity contribution in [2.75, 3.05) is 24.6 Å². The zero-order valence-corrected chi connectivity index (χ0v) is 20.0. The van der Waals surface area contributed by atoms with E-state index in [1.807, 2.05) is 26.0 Å². The second-order valence-corrected chi connectivity index (χ2v) is 11.8. The molecule has 3 heterocycles. The van der Waals surface area contributed by atoms with E-state index in [4.69, 9.17) is 23.2 Å². The van der Waals surface area contributed by atoms with Gasteiger partial charge in [0.1, 0.15) is 0 Å². The first kappa shape index (κ1) is 22.3. The van der Waals surface area contributed by atoms with E-state index in [0.717, 1.165) is 15.4 Å². The molecule has 3 aromatic rings. The van der Waals surface area contributed by atoms with Gasteiger partial charge in [-0.05, 0) is 44.2 Å². The third-order valence-corrected chi connectivity index (χ3v) is 8.21. The fraction of sp³-hybridized carbons (Fsp3) is 0.300. The van der Waals surface area contributed by atoms with Crippen LogP contribution in [0.25, 0.3) is 16.3 Å². The standard InChI is InChI=1S/C20H20Cl2N4O3S2/c1-12-3-6-17(30-12)19-13(2)18(20(27)24-25-7-9-31(28,29)10-8-25)23-26(19)16-5-4-14(21)11-15(16)22/h3-6,11H,7-10H2,1-2H3,(H,24,27). The minimum Gasteiger partial charge on any atom is -0.283 e. The lowest BCUT2D eigenvalue weighted by Gasteiger charge is -2.26. The molecule has 4 rings (SSSR count). The molecule has 0 aliphatic carbocycles. The van der Waals surface area contributed by atoms with Crippen LogP contribution in [-0.2, 0) is 9.84 Å². The summed E-state index contributed by atoms with van der Waals surface area (Å²) in [7, 11) is -3.04. The van der Waals surface area contributed by atoms with Crippen molar-refractivity contribution in [3.05, 3.63) is 56.5 Å². The highest BCUT2D eigenvalue weighted by atomic mass is 35.5. The van der Waals surface area contributed by atoms with Crippen molar-refractivity contribution in [3.8, 4) is 16.3 Å². The summed E-state index contributed by atoms with van der Waals surface area (Å²) in [6.07, 6.45) is 0. The third-order valence-electron chi connectivity index (χ3n) is 5.05. The van der Waals surface area contributed by atoms with E-state index >= 15 is 0 Å². The van der Waals surface area contributed by atoms with Gasteiger partial charge in [-0.3, -0.25) is 10.2 Å². The van der Waals surface area contributed by atoms with E-state index in [2.05, 4.69) is 10.5 Å². The molecule has 2 aromatic heterocycles. The van der Waals surface area contributed by atoms with Crippen molar-refractivity contribution in [1.82, 2.24) is 20.2 Å². The number of halogens is 2. The number of nitrogens with zero attached hydrogens (tertiary/aromatic N) is 3. The molecule has 1 aliphatic heterocycles. The second-order valence-electron chi connectivity index (χ2n) is 7.32. The molecule has 1 amide bonds. The average Bonchev–Trinajstić information content (AvgIpc) is 3.26. The summed E-state index contributed by atoms with van der Waals surface area (Å²) in [5.74, 6) is -0.364.